The van der Waals surface area contributed by atoms with Crippen molar-refractivity contribution in [1.29, 1.82) is 0 Å². The zero-order chi connectivity index (χ0) is 19.3. The fourth-order valence-electron chi connectivity index (χ4n) is 2.33. The number of amides is 1. The van der Waals surface area contributed by atoms with E-state index in [2.05, 4.69) is 5.32 Å². The van der Waals surface area contributed by atoms with Gasteiger partial charge in [-0.05, 0) is 37.6 Å². The van der Waals surface area contributed by atoms with E-state index in [1.165, 1.54) is 26.0 Å². The Kier molecular flexibility index (Phi) is 6.21. The highest BCUT2D eigenvalue weighted by Gasteiger charge is 2.36. The SMILES string of the molecule is CC(Oc1ccc(F)cc1Cl)C(=O)NCC(C)(C(=O)O)c1ccccc1. The quantitative estimate of drug-likeness (QED) is 0.773. The van der Waals surface area contributed by atoms with Crippen molar-refractivity contribution in [2.24, 2.45) is 0 Å². The number of carbonyl (C=O) groups excluding carboxylic acids is 1. The van der Waals surface area contributed by atoms with E-state index in [1.807, 2.05) is 0 Å². The number of ether oxygens (including phenoxy) is 1. The maximum atomic E-state index is 13.1. The lowest BCUT2D eigenvalue weighted by Gasteiger charge is -2.26. The Morgan fingerprint density at radius 1 is 1.27 bits per heavy atom. The molecule has 138 valence electrons. The van der Waals surface area contributed by atoms with Crippen molar-refractivity contribution >= 4 is 23.5 Å². The molecule has 0 bridgehead atoms. The van der Waals surface area contributed by atoms with Crippen molar-refractivity contribution in [1.82, 2.24) is 5.32 Å². The van der Waals surface area contributed by atoms with E-state index in [0.29, 0.717) is 5.56 Å². The molecular formula is C19H19ClFNO4. The molecule has 2 unspecified atom stereocenters. The summed E-state index contributed by atoms with van der Waals surface area (Å²) in [6.07, 6.45) is -0.938. The molecule has 0 aromatic heterocycles. The zero-order valence-electron chi connectivity index (χ0n) is 14.3. The molecule has 0 aliphatic heterocycles. The van der Waals surface area contributed by atoms with Crippen molar-refractivity contribution in [3.8, 4) is 5.75 Å². The molecule has 0 heterocycles. The molecule has 1 amide bonds. The third-order valence-corrected chi connectivity index (χ3v) is 4.36. The molecule has 5 nitrogen and oxygen atoms in total. The number of hydrogen-bond acceptors (Lipinski definition) is 3. The van der Waals surface area contributed by atoms with E-state index in [9.17, 15) is 19.1 Å². The van der Waals surface area contributed by atoms with E-state index >= 15 is 0 Å². The lowest BCUT2D eigenvalue weighted by atomic mass is 9.82. The summed E-state index contributed by atoms with van der Waals surface area (Å²) in [6, 6.07) is 12.2. The second-order valence-corrected chi connectivity index (χ2v) is 6.46. The van der Waals surface area contributed by atoms with Crippen LogP contribution in [0.3, 0.4) is 0 Å². The maximum absolute atomic E-state index is 13.1. The summed E-state index contributed by atoms with van der Waals surface area (Å²) in [5.74, 6) is -1.91. The van der Waals surface area contributed by atoms with Gasteiger partial charge in [-0.2, -0.15) is 0 Å². The number of carboxylic acids is 1. The molecule has 2 atom stereocenters. The van der Waals surface area contributed by atoms with Crippen LogP contribution in [0, 0.1) is 5.82 Å². The van der Waals surface area contributed by atoms with Gasteiger partial charge in [0.05, 0.1) is 5.02 Å². The van der Waals surface area contributed by atoms with E-state index in [-0.39, 0.29) is 17.3 Å². The number of carboxylic acid groups (broad SMARTS) is 1. The second kappa shape index (κ2) is 8.19. The predicted molar refractivity (Wildman–Crippen MR) is 95.9 cm³/mol. The highest BCUT2D eigenvalue weighted by molar-refractivity contribution is 6.32. The smallest absolute Gasteiger partial charge is 0.315 e. The van der Waals surface area contributed by atoms with E-state index in [1.54, 1.807) is 30.3 Å². The molecule has 7 heteroatoms. The molecule has 0 radical (unpaired) electrons. The van der Waals surface area contributed by atoms with Crippen LogP contribution in [0.4, 0.5) is 4.39 Å². The molecule has 2 rings (SSSR count). The number of carbonyl (C=O) groups is 2. The monoisotopic (exact) mass is 379 g/mol. The molecule has 0 aliphatic rings. The summed E-state index contributed by atoms with van der Waals surface area (Å²) in [6.45, 7) is 2.92. The number of nitrogens with one attached hydrogen (secondary N) is 1. The minimum atomic E-state index is -1.29. The normalized spacial score (nSPS) is 14.2. The predicted octanol–water partition coefficient (Wildman–Crippen LogP) is 3.41. The Balaban J connectivity index is 2.05. The lowest BCUT2D eigenvalue weighted by molar-refractivity contribution is -0.143. The maximum Gasteiger partial charge on any atom is 0.315 e. The van der Waals surface area contributed by atoms with Gasteiger partial charge in [0.1, 0.15) is 17.0 Å². The molecule has 0 saturated carbocycles. The summed E-state index contributed by atoms with van der Waals surface area (Å²) in [5.41, 5.74) is -0.715. The van der Waals surface area contributed by atoms with Crippen LogP contribution in [-0.2, 0) is 15.0 Å². The molecule has 0 aliphatic carbocycles. The van der Waals surface area contributed by atoms with Crippen molar-refractivity contribution in [3.63, 3.8) is 0 Å². The van der Waals surface area contributed by atoms with E-state index in [0.717, 1.165) is 6.07 Å². The topological polar surface area (TPSA) is 75.6 Å². The number of rotatable bonds is 7. The van der Waals surface area contributed by atoms with Crippen molar-refractivity contribution < 1.29 is 23.8 Å². The van der Waals surface area contributed by atoms with Crippen molar-refractivity contribution in [2.75, 3.05) is 6.54 Å². The molecule has 26 heavy (non-hydrogen) atoms. The van der Waals surface area contributed by atoms with Crippen LogP contribution in [-0.4, -0.2) is 29.6 Å². The third-order valence-electron chi connectivity index (χ3n) is 4.07. The van der Waals surface area contributed by atoms with Crippen molar-refractivity contribution in [2.45, 2.75) is 25.4 Å². The van der Waals surface area contributed by atoms with Crippen LogP contribution >= 0.6 is 11.6 Å². The van der Waals surface area contributed by atoms with Gasteiger partial charge < -0.3 is 15.2 Å². The van der Waals surface area contributed by atoms with Gasteiger partial charge in [-0.1, -0.05) is 41.9 Å². The van der Waals surface area contributed by atoms with E-state index in [4.69, 9.17) is 16.3 Å². The first kappa shape index (κ1) is 19.7. The number of halogens is 2. The van der Waals surface area contributed by atoms with Gasteiger partial charge >= 0.3 is 5.97 Å². The highest BCUT2D eigenvalue weighted by atomic mass is 35.5. The minimum Gasteiger partial charge on any atom is -0.481 e. The third kappa shape index (κ3) is 4.52. The van der Waals surface area contributed by atoms with Crippen LogP contribution in [0.5, 0.6) is 5.75 Å². The first-order valence-corrected chi connectivity index (χ1v) is 8.30. The Morgan fingerprint density at radius 2 is 1.92 bits per heavy atom. The molecule has 2 aromatic carbocycles. The average Bonchev–Trinajstić information content (AvgIpc) is 2.62. The highest BCUT2D eigenvalue weighted by Crippen LogP contribution is 2.26. The summed E-state index contributed by atoms with van der Waals surface area (Å²) >= 11 is 5.88. The van der Waals surface area contributed by atoms with Crippen LogP contribution in [0.15, 0.2) is 48.5 Å². The molecule has 0 spiro atoms. The Bertz CT molecular complexity index is 799. The number of hydrogen-bond donors (Lipinski definition) is 2. The largest absolute Gasteiger partial charge is 0.481 e. The van der Waals surface area contributed by atoms with Gasteiger partial charge in [0, 0.05) is 6.54 Å². The average molecular weight is 380 g/mol. The van der Waals surface area contributed by atoms with Gasteiger partial charge in [-0.3, -0.25) is 9.59 Å². The Hall–Kier alpha value is -2.60. The summed E-state index contributed by atoms with van der Waals surface area (Å²) in [7, 11) is 0. The Morgan fingerprint density at radius 3 is 2.50 bits per heavy atom. The molecule has 0 fully saturated rings. The van der Waals surface area contributed by atoms with Crippen LogP contribution in [0.1, 0.15) is 19.4 Å². The van der Waals surface area contributed by atoms with Crippen molar-refractivity contribution in [3.05, 3.63) is 64.9 Å². The number of aliphatic carboxylic acids is 1. The molecule has 2 N–H and O–H groups in total. The number of benzene rings is 2. The fourth-order valence-corrected chi connectivity index (χ4v) is 2.54. The summed E-state index contributed by atoms with van der Waals surface area (Å²) in [4.78, 5) is 24.0. The lowest BCUT2D eigenvalue weighted by Crippen LogP contribution is -2.47. The summed E-state index contributed by atoms with van der Waals surface area (Å²) < 4.78 is 18.5. The molecular weight excluding hydrogens is 361 g/mol. The fraction of sp³-hybridized carbons (Fsp3) is 0.263. The first-order valence-electron chi connectivity index (χ1n) is 7.92. The van der Waals surface area contributed by atoms with Crippen LogP contribution in [0.2, 0.25) is 5.02 Å². The van der Waals surface area contributed by atoms with Gasteiger partial charge in [-0.25, -0.2) is 4.39 Å². The standard InChI is InChI=1S/C19H19ClFNO4/c1-12(26-16-9-8-14(21)10-15(16)20)17(23)22-11-19(2,18(24)25)13-6-4-3-5-7-13/h3-10,12H,11H2,1-2H3,(H,22,23)(H,24,25). The molecule has 0 saturated heterocycles. The zero-order valence-corrected chi connectivity index (χ0v) is 15.1. The van der Waals surface area contributed by atoms with Crippen LogP contribution < -0.4 is 10.1 Å². The molecule has 2 aromatic rings. The first-order chi connectivity index (χ1) is 12.2. The van der Waals surface area contributed by atoms with Gasteiger partial charge in [0.2, 0.25) is 0 Å². The van der Waals surface area contributed by atoms with E-state index < -0.39 is 29.2 Å². The van der Waals surface area contributed by atoms with Crippen LogP contribution in [0.25, 0.3) is 0 Å². The second-order valence-electron chi connectivity index (χ2n) is 6.06. The minimum absolute atomic E-state index is 0.0457. The van der Waals surface area contributed by atoms with Gasteiger partial charge in [-0.15, -0.1) is 0 Å². The van der Waals surface area contributed by atoms with Gasteiger partial charge in [0.15, 0.2) is 6.10 Å². The van der Waals surface area contributed by atoms with Gasteiger partial charge in [0.25, 0.3) is 5.91 Å². The summed E-state index contributed by atoms with van der Waals surface area (Å²) in [5, 5.41) is 12.2. The Labute approximate surface area is 155 Å².